The smallest absolute Gasteiger partial charge is 0.174 e. The Labute approximate surface area is 147 Å². The minimum Gasteiger partial charge on any atom is -0.497 e. The molecule has 3 aromatic carbocycles. The number of rotatable bonds is 6. The molecule has 0 aliphatic rings. The second-order valence-corrected chi connectivity index (χ2v) is 5.71. The van der Waals surface area contributed by atoms with Crippen LogP contribution in [0.4, 0.5) is 0 Å². The fraction of sp³-hybridized carbons (Fsp3) is 0.136. The summed E-state index contributed by atoms with van der Waals surface area (Å²) in [4.78, 5) is 13.2. The number of benzene rings is 3. The van der Waals surface area contributed by atoms with Crippen molar-refractivity contribution in [1.29, 1.82) is 0 Å². The minimum atomic E-state index is -0.376. The molecule has 0 aliphatic heterocycles. The van der Waals surface area contributed by atoms with E-state index in [9.17, 15) is 4.79 Å². The molecule has 3 nitrogen and oxygen atoms in total. The van der Waals surface area contributed by atoms with E-state index in [0.29, 0.717) is 5.56 Å². The summed E-state index contributed by atoms with van der Waals surface area (Å²) in [5.41, 5.74) is 2.55. The Morgan fingerprint density at radius 2 is 1.12 bits per heavy atom. The van der Waals surface area contributed by atoms with E-state index < -0.39 is 0 Å². The van der Waals surface area contributed by atoms with Gasteiger partial charge in [0, 0.05) is 5.56 Å². The van der Waals surface area contributed by atoms with E-state index in [1.54, 1.807) is 14.2 Å². The summed E-state index contributed by atoms with van der Waals surface area (Å²) in [6.45, 7) is 0. The van der Waals surface area contributed by atoms with Crippen molar-refractivity contribution in [3.05, 3.63) is 95.6 Å². The van der Waals surface area contributed by atoms with Crippen molar-refractivity contribution < 1.29 is 14.3 Å². The van der Waals surface area contributed by atoms with Crippen LogP contribution in [0.3, 0.4) is 0 Å². The average Bonchev–Trinajstić information content (AvgIpc) is 2.70. The van der Waals surface area contributed by atoms with E-state index >= 15 is 0 Å². The first-order valence-electron chi connectivity index (χ1n) is 8.10. The molecule has 0 bridgehead atoms. The van der Waals surface area contributed by atoms with Crippen LogP contribution in [0.1, 0.15) is 27.4 Å². The fourth-order valence-electron chi connectivity index (χ4n) is 2.86. The van der Waals surface area contributed by atoms with Gasteiger partial charge in [-0.05, 0) is 35.4 Å². The molecule has 0 spiro atoms. The molecule has 126 valence electrons. The van der Waals surface area contributed by atoms with Crippen molar-refractivity contribution in [2.24, 2.45) is 0 Å². The van der Waals surface area contributed by atoms with Gasteiger partial charge in [0.25, 0.3) is 0 Å². The Morgan fingerprint density at radius 3 is 1.52 bits per heavy atom. The molecule has 3 aromatic rings. The molecule has 0 N–H and O–H groups in total. The third kappa shape index (κ3) is 3.72. The van der Waals surface area contributed by atoms with Gasteiger partial charge in [-0.25, -0.2) is 0 Å². The van der Waals surface area contributed by atoms with Crippen LogP contribution in [0.5, 0.6) is 11.5 Å². The van der Waals surface area contributed by atoms with Crippen LogP contribution in [0.15, 0.2) is 78.9 Å². The maximum absolute atomic E-state index is 13.2. The highest BCUT2D eigenvalue weighted by Gasteiger charge is 2.24. The minimum absolute atomic E-state index is 0.0657. The Kier molecular flexibility index (Phi) is 5.14. The van der Waals surface area contributed by atoms with Crippen molar-refractivity contribution >= 4 is 5.78 Å². The van der Waals surface area contributed by atoms with E-state index in [1.165, 1.54) is 0 Å². The van der Waals surface area contributed by atoms with Crippen LogP contribution < -0.4 is 9.47 Å². The molecule has 0 atom stereocenters. The Hall–Kier alpha value is -3.07. The lowest BCUT2D eigenvalue weighted by molar-refractivity contribution is 0.0974. The fourth-order valence-corrected chi connectivity index (χ4v) is 2.86. The lowest BCUT2D eigenvalue weighted by Gasteiger charge is -2.18. The van der Waals surface area contributed by atoms with Gasteiger partial charge in [-0.1, -0.05) is 54.6 Å². The van der Waals surface area contributed by atoms with E-state index in [0.717, 1.165) is 22.6 Å². The zero-order chi connectivity index (χ0) is 17.6. The van der Waals surface area contributed by atoms with Crippen molar-refractivity contribution in [3.8, 4) is 11.5 Å². The van der Waals surface area contributed by atoms with Crippen molar-refractivity contribution in [3.63, 3.8) is 0 Å². The first kappa shape index (κ1) is 16.8. The maximum atomic E-state index is 13.2. The monoisotopic (exact) mass is 332 g/mol. The number of carbonyl (C=O) groups excluding carboxylic acids is 1. The van der Waals surface area contributed by atoms with Gasteiger partial charge < -0.3 is 9.47 Å². The SMILES string of the molecule is COc1ccc(C(C(=O)c2ccccc2)c2ccc(OC)cc2)cc1. The number of ketones is 1. The molecule has 0 saturated carbocycles. The molecule has 0 amide bonds. The Balaban J connectivity index is 2.04. The highest BCUT2D eigenvalue weighted by molar-refractivity contribution is 6.03. The summed E-state index contributed by atoms with van der Waals surface area (Å²) in [5, 5.41) is 0. The van der Waals surface area contributed by atoms with Crippen LogP contribution in [0, 0.1) is 0 Å². The second-order valence-electron chi connectivity index (χ2n) is 5.71. The molecular formula is C22H20O3. The topological polar surface area (TPSA) is 35.5 Å². The highest BCUT2D eigenvalue weighted by atomic mass is 16.5. The van der Waals surface area contributed by atoms with Gasteiger partial charge in [0.05, 0.1) is 20.1 Å². The molecular weight excluding hydrogens is 312 g/mol. The van der Waals surface area contributed by atoms with Gasteiger partial charge in [0.1, 0.15) is 11.5 Å². The van der Waals surface area contributed by atoms with E-state index in [-0.39, 0.29) is 11.7 Å². The number of ether oxygens (including phenoxy) is 2. The number of carbonyl (C=O) groups is 1. The van der Waals surface area contributed by atoms with Gasteiger partial charge in [-0.15, -0.1) is 0 Å². The standard InChI is InChI=1S/C22H20O3/c1-24-19-12-8-16(9-13-19)21(17-10-14-20(25-2)15-11-17)22(23)18-6-4-3-5-7-18/h3-15,21H,1-2H3. The summed E-state index contributed by atoms with van der Waals surface area (Å²) in [6, 6.07) is 24.6. The lowest BCUT2D eigenvalue weighted by atomic mass is 9.85. The molecule has 0 aromatic heterocycles. The molecule has 0 unspecified atom stereocenters. The first-order chi connectivity index (χ1) is 12.2. The molecule has 25 heavy (non-hydrogen) atoms. The predicted molar refractivity (Wildman–Crippen MR) is 98.6 cm³/mol. The highest BCUT2D eigenvalue weighted by Crippen LogP contribution is 2.31. The molecule has 0 heterocycles. The van der Waals surface area contributed by atoms with Crippen molar-refractivity contribution in [2.45, 2.75) is 5.92 Å². The third-order valence-electron chi connectivity index (χ3n) is 4.22. The van der Waals surface area contributed by atoms with E-state index in [4.69, 9.17) is 9.47 Å². The molecule has 3 rings (SSSR count). The first-order valence-corrected chi connectivity index (χ1v) is 8.10. The van der Waals surface area contributed by atoms with Crippen molar-refractivity contribution in [1.82, 2.24) is 0 Å². The van der Waals surface area contributed by atoms with Crippen LogP contribution in [-0.4, -0.2) is 20.0 Å². The summed E-state index contributed by atoms with van der Waals surface area (Å²) in [5.74, 6) is 1.23. The average molecular weight is 332 g/mol. The normalized spacial score (nSPS) is 10.5. The molecule has 0 saturated heterocycles. The Bertz CT molecular complexity index is 774. The van der Waals surface area contributed by atoms with Gasteiger partial charge in [0.2, 0.25) is 0 Å². The molecule has 0 radical (unpaired) electrons. The number of hydrogen-bond donors (Lipinski definition) is 0. The summed E-state index contributed by atoms with van der Waals surface area (Å²) in [7, 11) is 3.26. The molecule has 0 aliphatic carbocycles. The van der Waals surface area contributed by atoms with Crippen LogP contribution in [-0.2, 0) is 0 Å². The zero-order valence-electron chi connectivity index (χ0n) is 14.3. The molecule has 0 fully saturated rings. The van der Waals surface area contributed by atoms with Crippen LogP contribution in [0.2, 0.25) is 0 Å². The van der Waals surface area contributed by atoms with Crippen molar-refractivity contribution in [2.75, 3.05) is 14.2 Å². The largest absolute Gasteiger partial charge is 0.497 e. The van der Waals surface area contributed by atoms with Gasteiger partial charge in [0.15, 0.2) is 5.78 Å². The zero-order valence-corrected chi connectivity index (χ0v) is 14.3. The second kappa shape index (κ2) is 7.67. The summed E-state index contributed by atoms with van der Waals surface area (Å²) in [6.07, 6.45) is 0. The van der Waals surface area contributed by atoms with Gasteiger partial charge >= 0.3 is 0 Å². The molecule has 3 heteroatoms. The predicted octanol–water partition coefficient (Wildman–Crippen LogP) is 4.72. The van der Waals surface area contributed by atoms with Crippen LogP contribution >= 0.6 is 0 Å². The number of methoxy groups -OCH3 is 2. The lowest BCUT2D eigenvalue weighted by Crippen LogP contribution is -2.14. The summed E-state index contributed by atoms with van der Waals surface area (Å²) >= 11 is 0. The quantitative estimate of drug-likeness (QED) is 0.613. The number of Topliss-reactive ketones (excluding diaryl/α,β-unsaturated/α-hetero) is 1. The van der Waals surface area contributed by atoms with Gasteiger partial charge in [-0.2, -0.15) is 0 Å². The summed E-state index contributed by atoms with van der Waals surface area (Å²) < 4.78 is 10.5. The third-order valence-corrected chi connectivity index (χ3v) is 4.22. The van der Waals surface area contributed by atoms with E-state index in [1.807, 2.05) is 78.9 Å². The van der Waals surface area contributed by atoms with E-state index in [2.05, 4.69) is 0 Å². The maximum Gasteiger partial charge on any atom is 0.174 e. The Morgan fingerprint density at radius 1 is 0.680 bits per heavy atom. The van der Waals surface area contributed by atoms with Gasteiger partial charge in [-0.3, -0.25) is 4.79 Å². The number of hydrogen-bond acceptors (Lipinski definition) is 3. The van der Waals surface area contributed by atoms with Crippen LogP contribution in [0.25, 0.3) is 0 Å².